The molecule has 130 valence electrons. The van der Waals surface area contributed by atoms with E-state index in [1.807, 2.05) is 30.3 Å². The van der Waals surface area contributed by atoms with E-state index in [0.717, 1.165) is 5.56 Å². The van der Waals surface area contributed by atoms with Crippen molar-refractivity contribution < 1.29 is 25.9 Å². The third kappa shape index (κ3) is 6.19. The fraction of sp³-hybridized carbons (Fsp3) is 0.571. The molecule has 2 N–H and O–H groups in total. The van der Waals surface area contributed by atoms with Crippen molar-refractivity contribution in [2.45, 2.75) is 19.4 Å². The van der Waals surface area contributed by atoms with Crippen LogP contribution in [0.1, 0.15) is 18.4 Å². The van der Waals surface area contributed by atoms with Crippen LogP contribution in [0.5, 0.6) is 0 Å². The van der Waals surface area contributed by atoms with E-state index in [-0.39, 0.29) is 12.8 Å². The smallest absolute Gasteiger partial charge is 0.264 e. The maximum atomic E-state index is 11.0. The Morgan fingerprint density at radius 3 is 1.83 bits per heavy atom. The molecule has 9 heteroatoms. The summed E-state index contributed by atoms with van der Waals surface area (Å²) >= 11 is 0. The molecule has 0 atom stereocenters. The van der Waals surface area contributed by atoms with Crippen LogP contribution >= 0.6 is 0 Å². The molecule has 0 saturated carbocycles. The molecule has 0 aromatic heterocycles. The third-order valence-corrected chi connectivity index (χ3v) is 5.59. The van der Waals surface area contributed by atoms with Crippen molar-refractivity contribution in [1.29, 1.82) is 0 Å². The molecule has 1 saturated heterocycles. The van der Waals surface area contributed by atoms with Gasteiger partial charge in [0, 0.05) is 19.6 Å². The molecule has 1 fully saturated rings. The highest BCUT2D eigenvalue weighted by atomic mass is 32.2. The van der Waals surface area contributed by atoms with Crippen molar-refractivity contribution in [2.75, 3.05) is 24.6 Å². The standard InChI is InChI=1S/C14H21NO6S2/c16-22(17,18)8-6-14(7-9-23(19,20)21)11-15(12-14)10-13-4-2-1-3-5-13/h1-5H,6-12H2,(H,16,17,18)(H,19,20,21). The van der Waals surface area contributed by atoms with Crippen LogP contribution in [-0.2, 0) is 26.8 Å². The number of likely N-dealkylation sites (tertiary alicyclic amines) is 1. The van der Waals surface area contributed by atoms with Gasteiger partial charge >= 0.3 is 0 Å². The summed E-state index contributed by atoms with van der Waals surface area (Å²) in [6, 6.07) is 9.74. The van der Waals surface area contributed by atoms with Crippen LogP contribution in [0.25, 0.3) is 0 Å². The van der Waals surface area contributed by atoms with Gasteiger partial charge in [0.25, 0.3) is 20.2 Å². The second kappa shape index (κ2) is 6.86. The second-order valence-electron chi connectivity index (χ2n) is 6.20. The van der Waals surface area contributed by atoms with Gasteiger partial charge < -0.3 is 0 Å². The van der Waals surface area contributed by atoms with Crippen LogP contribution in [0, 0.1) is 5.41 Å². The first-order valence-electron chi connectivity index (χ1n) is 7.24. The summed E-state index contributed by atoms with van der Waals surface area (Å²) in [5.74, 6) is -0.810. The molecule has 0 unspecified atom stereocenters. The van der Waals surface area contributed by atoms with Crippen molar-refractivity contribution in [2.24, 2.45) is 5.41 Å². The zero-order chi connectivity index (χ0) is 17.1. The Bertz CT molecular complexity index is 686. The first kappa shape index (κ1) is 18.3. The van der Waals surface area contributed by atoms with Gasteiger partial charge in [-0.05, 0) is 23.8 Å². The quantitative estimate of drug-likeness (QED) is 0.664. The Balaban J connectivity index is 1.97. The normalized spacial score (nSPS) is 18.5. The van der Waals surface area contributed by atoms with Gasteiger partial charge in [-0.25, -0.2) is 0 Å². The van der Waals surface area contributed by atoms with E-state index >= 15 is 0 Å². The van der Waals surface area contributed by atoms with Crippen LogP contribution < -0.4 is 0 Å². The average molecular weight is 363 g/mol. The molecule has 0 amide bonds. The zero-order valence-corrected chi connectivity index (χ0v) is 14.3. The number of hydrogen-bond acceptors (Lipinski definition) is 5. The van der Waals surface area contributed by atoms with E-state index in [4.69, 9.17) is 9.11 Å². The van der Waals surface area contributed by atoms with Gasteiger partial charge in [-0.3, -0.25) is 14.0 Å². The first-order valence-corrected chi connectivity index (χ1v) is 10.5. The molecule has 1 aromatic carbocycles. The van der Waals surface area contributed by atoms with E-state index < -0.39 is 37.2 Å². The van der Waals surface area contributed by atoms with Gasteiger partial charge in [0.1, 0.15) is 0 Å². The van der Waals surface area contributed by atoms with Crippen LogP contribution in [-0.4, -0.2) is 55.4 Å². The minimum atomic E-state index is -4.09. The second-order valence-corrected chi connectivity index (χ2v) is 9.35. The lowest BCUT2D eigenvalue weighted by atomic mass is 9.75. The minimum Gasteiger partial charge on any atom is -0.298 e. The molecule has 1 aliphatic rings. The molecule has 0 aliphatic carbocycles. The van der Waals surface area contributed by atoms with Gasteiger partial charge in [-0.15, -0.1) is 0 Å². The lowest BCUT2D eigenvalue weighted by molar-refractivity contribution is -0.0112. The third-order valence-electron chi connectivity index (χ3n) is 4.15. The van der Waals surface area contributed by atoms with Crippen molar-refractivity contribution in [3.8, 4) is 0 Å². The summed E-state index contributed by atoms with van der Waals surface area (Å²) in [7, 11) is -8.19. The highest BCUT2D eigenvalue weighted by Crippen LogP contribution is 2.39. The SMILES string of the molecule is O=S(=O)(O)CCC1(CCS(=O)(=O)O)CN(Cc2ccccc2)C1. The molecule has 0 bridgehead atoms. The van der Waals surface area contributed by atoms with Gasteiger partial charge in [-0.1, -0.05) is 30.3 Å². The number of rotatable bonds is 8. The van der Waals surface area contributed by atoms with Crippen molar-refractivity contribution in [1.82, 2.24) is 4.90 Å². The van der Waals surface area contributed by atoms with Gasteiger partial charge in [0.2, 0.25) is 0 Å². The van der Waals surface area contributed by atoms with Gasteiger partial charge in [-0.2, -0.15) is 16.8 Å². The lowest BCUT2D eigenvalue weighted by Crippen LogP contribution is -2.56. The summed E-state index contributed by atoms with van der Waals surface area (Å²) in [6.07, 6.45) is 0.347. The lowest BCUT2D eigenvalue weighted by Gasteiger charge is -2.50. The highest BCUT2D eigenvalue weighted by Gasteiger charge is 2.43. The maximum absolute atomic E-state index is 11.0. The number of benzene rings is 1. The van der Waals surface area contributed by atoms with Crippen molar-refractivity contribution in [3.05, 3.63) is 35.9 Å². The Hall–Kier alpha value is -1.00. The van der Waals surface area contributed by atoms with E-state index in [1.54, 1.807) is 0 Å². The summed E-state index contributed by atoms with van der Waals surface area (Å²) in [5.41, 5.74) is 0.603. The van der Waals surface area contributed by atoms with Crippen LogP contribution in [0.15, 0.2) is 30.3 Å². The van der Waals surface area contributed by atoms with Crippen LogP contribution in [0.3, 0.4) is 0 Å². The van der Waals surface area contributed by atoms with Gasteiger partial charge in [0.05, 0.1) is 11.5 Å². The number of hydrogen-bond donors (Lipinski definition) is 2. The summed E-state index contributed by atoms with van der Waals surface area (Å²) < 4.78 is 61.7. The Kier molecular flexibility index (Phi) is 5.47. The van der Waals surface area contributed by atoms with E-state index in [0.29, 0.717) is 19.6 Å². The largest absolute Gasteiger partial charge is 0.298 e. The molecular formula is C14H21NO6S2. The number of nitrogens with zero attached hydrogens (tertiary/aromatic N) is 1. The zero-order valence-electron chi connectivity index (χ0n) is 12.6. The van der Waals surface area contributed by atoms with E-state index in [1.165, 1.54) is 0 Å². The van der Waals surface area contributed by atoms with Crippen molar-refractivity contribution in [3.63, 3.8) is 0 Å². The van der Waals surface area contributed by atoms with Crippen LogP contribution in [0.2, 0.25) is 0 Å². The fourth-order valence-corrected chi connectivity index (χ4v) is 4.37. The average Bonchev–Trinajstić information content (AvgIpc) is 2.39. The Labute approximate surface area is 136 Å². The topological polar surface area (TPSA) is 112 Å². The molecule has 2 rings (SSSR count). The van der Waals surface area contributed by atoms with Crippen LogP contribution in [0.4, 0.5) is 0 Å². The Morgan fingerprint density at radius 1 is 0.913 bits per heavy atom. The molecule has 0 spiro atoms. The molecule has 0 radical (unpaired) electrons. The van der Waals surface area contributed by atoms with E-state index in [2.05, 4.69) is 4.90 Å². The van der Waals surface area contributed by atoms with Crippen molar-refractivity contribution >= 4 is 20.2 Å². The predicted octanol–water partition coefficient (Wildman–Crippen LogP) is 1.04. The predicted molar refractivity (Wildman–Crippen MR) is 86.2 cm³/mol. The summed E-state index contributed by atoms with van der Waals surface area (Å²) in [5, 5.41) is 0. The maximum Gasteiger partial charge on any atom is 0.264 e. The minimum absolute atomic E-state index is 0.173. The summed E-state index contributed by atoms with van der Waals surface area (Å²) in [6.45, 7) is 1.76. The monoisotopic (exact) mass is 363 g/mol. The van der Waals surface area contributed by atoms with Gasteiger partial charge in [0.15, 0.2) is 0 Å². The first-order chi connectivity index (χ1) is 10.6. The molecule has 7 nitrogen and oxygen atoms in total. The molecular weight excluding hydrogens is 342 g/mol. The molecule has 23 heavy (non-hydrogen) atoms. The summed E-state index contributed by atoms with van der Waals surface area (Å²) in [4.78, 5) is 2.09. The molecule has 1 aliphatic heterocycles. The Morgan fingerprint density at radius 2 is 1.39 bits per heavy atom. The molecule has 1 aromatic rings. The molecule has 1 heterocycles. The highest BCUT2D eigenvalue weighted by molar-refractivity contribution is 7.86. The fourth-order valence-electron chi connectivity index (χ4n) is 2.99. The van der Waals surface area contributed by atoms with E-state index in [9.17, 15) is 16.8 Å².